The third kappa shape index (κ3) is 1.40. The van der Waals surface area contributed by atoms with Crippen molar-refractivity contribution in [3.63, 3.8) is 0 Å². The molecule has 0 aromatic heterocycles. The van der Waals surface area contributed by atoms with Crippen LogP contribution in [0, 0.1) is 0 Å². The fourth-order valence-electron chi connectivity index (χ4n) is 0.837. The molecule has 52 valence electrons. The molecule has 0 amide bonds. The maximum absolute atomic E-state index is 11.6. The van der Waals surface area contributed by atoms with E-state index in [2.05, 4.69) is 4.74 Å². The molecule has 0 heterocycles. The zero-order valence-corrected chi connectivity index (χ0v) is 5.32. The maximum atomic E-state index is 11.6. The van der Waals surface area contributed by atoms with Gasteiger partial charge in [0.1, 0.15) is 5.60 Å². The van der Waals surface area contributed by atoms with E-state index in [-0.39, 0.29) is 0 Å². The summed E-state index contributed by atoms with van der Waals surface area (Å²) in [4.78, 5) is 9.77. The average molecular weight is 132 g/mol. The van der Waals surface area contributed by atoms with Crippen LogP contribution in [-0.4, -0.2) is 11.8 Å². The van der Waals surface area contributed by atoms with E-state index in [1.807, 2.05) is 6.92 Å². The third-order valence-corrected chi connectivity index (χ3v) is 1.75. The summed E-state index contributed by atoms with van der Waals surface area (Å²) >= 11 is 0. The highest BCUT2D eigenvalue weighted by atomic mass is 19.1. The third-order valence-electron chi connectivity index (χ3n) is 1.75. The topological polar surface area (TPSA) is 26.3 Å². The lowest BCUT2D eigenvalue weighted by Gasteiger charge is -2.08. The smallest absolute Gasteiger partial charge is 0.434 e. The van der Waals surface area contributed by atoms with E-state index in [1.165, 1.54) is 0 Å². The average Bonchev–Trinajstić information content (AvgIpc) is 2.48. The Morgan fingerprint density at radius 3 is 2.44 bits per heavy atom. The van der Waals surface area contributed by atoms with E-state index in [0.29, 0.717) is 0 Å². The molecule has 0 aromatic carbocycles. The molecule has 0 unspecified atom stereocenters. The van der Waals surface area contributed by atoms with Gasteiger partial charge in [-0.15, -0.1) is 4.39 Å². The largest absolute Gasteiger partial charge is 0.495 e. The second-order valence-electron chi connectivity index (χ2n) is 2.38. The molecule has 0 saturated heterocycles. The Hall–Kier alpha value is -0.600. The van der Waals surface area contributed by atoms with Crippen LogP contribution in [0.1, 0.15) is 26.2 Å². The molecule has 0 N–H and O–H groups in total. The Morgan fingerprint density at radius 1 is 1.78 bits per heavy atom. The fraction of sp³-hybridized carbons (Fsp3) is 0.833. The summed E-state index contributed by atoms with van der Waals surface area (Å²) < 4.78 is 16.0. The van der Waals surface area contributed by atoms with E-state index in [0.717, 1.165) is 19.3 Å². The van der Waals surface area contributed by atoms with Crippen molar-refractivity contribution in [2.45, 2.75) is 31.8 Å². The quantitative estimate of drug-likeness (QED) is 0.537. The van der Waals surface area contributed by atoms with E-state index < -0.39 is 11.8 Å². The van der Waals surface area contributed by atoms with E-state index in [9.17, 15) is 9.18 Å². The Balaban J connectivity index is 2.33. The highest BCUT2D eigenvalue weighted by Gasteiger charge is 2.45. The van der Waals surface area contributed by atoms with Crippen molar-refractivity contribution in [3.05, 3.63) is 0 Å². The van der Waals surface area contributed by atoms with Crippen LogP contribution in [0.5, 0.6) is 0 Å². The van der Waals surface area contributed by atoms with E-state index in [4.69, 9.17) is 0 Å². The molecule has 1 saturated carbocycles. The van der Waals surface area contributed by atoms with Crippen LogP contribution < -0.4 is 0 Å². The van der Waals surface area contributed by atoms with Crippen molar-refractivity contribution in [1.29, 1.82) is 0 Å². The summed E-state index contributed by atoms with van der Waals surface area (Å²) in [5.41, 5.74) is -0.411. The number of halogens is 1. The first-order valence-corrected chi connectivity index (χ1v) is 3.07. The van der Waals surface area contributed by atoms with Gasteiger partial charge in [0.15, 0.2) is 0 Å². The van der Waals surface area contributed by atoms with Crippen molar-refractivity contribution < 1.29 is 13.9 Å². The molecule has 1 fully saturated rings. The van der Waals surface area contributed by atoms with Crippen LogP contribution in [0.3, 0.4) is 0 Å². The maximum Gasteiger partial charge on any atom is 0.495 e. The Bertz CT molecular complexity index is 129. The first-order valence-electron chi connectivity index (χ1n) is 3.07. The monoisotopic (exact) mass is 132 g/mol. The standard InChI is InChI=1S/C6H9FO2/c1-2-6(3-4-6)9-5(7)8/h2-4H2,1H3. The van der Waals surface area contributed by atoms with Gasteiger partial charge in [0, 0.05) is 0 Å². The Morgan fingerprint density at radius 2 is 2.33 bits per heavy atom. The lowest BCUT2D eigenvalue weighted by Crippen LogP contribution is -2.14. The molecule has 1 aliphatic carbocycles. The number of hydrogen-bond acceptors (Lipinski definition) is 2. The molecule has 3 heteroatoms. The first kappa shape index (κ1) is 6.52. The summed E-state index contributed by atoms with van der Waals surface area (Å²) in [7, 11) is 0. The second kappa shape index (κ2) is 1.97. The number of carbonyl (C=O) groups excluding carboxylic acids is 1. The van der Waals surface area contributed by atoms with Crippen molar-refractivity contribution in [3.8, 4) is 0 Å². The van der Waals surface area contributed by atoms with Gasteiger partial charge in [-0.25, -0.2) is 4.79 Å². The highest BCUT2D eigenvalue weighted by molar-refractivity contribution is 5.59. The molecule has 0 bridgehead atoms. The van der Waals surface area contributed by atoms with Crippen molar-refractivity contribution >= 4 is 6.22 Å². The van der Waals surface area contributed by atoms with Gasteiger partial charge in [-0.3, -0.25) is 0 Å². The molecule has 1 aliphatic rings. The molecular formula is C6H9FO2. The summed E-state index contributed by atoms with van der Waals surface area (Å²) in [5, 5.41) is 0. The van der Waals surface area contributed by atoms with Gasteiger partial charge in [-0.2, -0.15) is 0 Å². The lowest BCUT2D eigenvalue weighted by molar-refractivity contribution is 0.0598. The Labute approximate surface area is 53.0 Å². The summed E-state index contributed by atoms with van der Waals surface area (Å²) in [6.45, 7) is 1.88. The number of rotatable bonds is 2. The minimum atomic E-state index is -1.64. The normalized spacial score (nSPS) is 21.1. The predicted molar refractivity (Wildman–Crippen MR) is 29.8 cm³/mol. The molecule has 1 rings (SSSR count). The summed E-state index contributed by atoms with van der Waals surface area (Å²) in [5.74, 6) is 0. The molecule has 9 heavy (non-hydrogen) atoms. The highest BCUT2D eigenvalue weighted by Crippen LogP contribution is 2.42. The van der Waals surface area contributed by atoms with Crippen LogP contribution in [0.15, 0.2) is 0 Å². The fourth-order valence-corrected chi connectivity index (χ4v) is 0.837. The van der Waals surface area contributed by atoms with Gasteiger partial charge in [0.05, 0.1) is 0 Å². The number of ether oxygens (including phenoxy) is 1. The van der Waals surface area contributed by atoms with E-state index >= 15 is 0 Å². The molecule has 0 radical (unpaired) electrons. The van der Waals surface area contributed by atoms with Crippen molar-refractivity contribution in [2.24, 2.45) is 0 Å². The zero-order valence-electron chi connectivity index (χ0n) is 5.32. The van der Waals surface area contributed by atoms with Crippen molar-refractivity contribution in [2.75, 3.05) is 0 Å². The van der Waals surface area contributed by atoms with Crippen LogP contribution in [-0.2, 0) is 4.74 Å². The molecule has 0 aromatic rings. The SMILES string of the molecule is CCC1(OC(=O)F)CC1. The number of hydrogen-bond donors (Lipinski definition) is 0. The Kier molecular flexibility index (Phi) is 1.43. The molecule has 0 atom stereocenters. The molecular weight excluding hydrogens is 123 g/mol. The van der Waals surface area contributed by atoms with Gasteiger partial charge >= 0.3 is 6.22 Å². The van der Waals surface area contributed by atoms with Crippen LogP contribution in [0.25, 0.3) is 0 Å². The lowest BCUT2D eigenvalue weighted by atomic mass is 10.3. The second-order valence-corrected chi connectivity index (χ2v) is 2.38. The minimum absolute atomic E-state index is 0.411. The molecule has 0 aliphatic heterocycles. The van der Waals surface area contributed by atoms with E-state index in [1.54, 1.807) is 0 Å². The number of carbonyl (C=O) groups is 1. The van der Waals surface area contributed by atoms with Gasteiger partial charge in [0.2, 0.25) is 0 Å². The molecule has 2 nitrogen and oxygen atoms in total. The van der Waals surface area contributed by atoms with Gasteiger partial charge in [-0.1, -0.05) is 6.92 Å². The minimum Gasteiger partial charge on any atom is -0.434 e. The van der Waals surface area contributed by atoms with Crippen LogP contribution in [0.2, 0.25) is 0 Å². The first-order chi connectivity index (χ1) is 4.18. The van der Waals surface area contributed by atoms with Gasteiger partial charge < -0.3 is 4.74 Å². The zero-order chi connectivity index (χ0) is 6.91. The van der Waals surface area contributed by atoms with Crippen molar-refractivity contribution in [1.82, 2.24) is 0 Å². The van der Waals surface area contributed by atoms with Gasteiger partial charge in [0.25, 0.3) is 0 Å². The predicted octanol–water partition coefficient (Wildman–Crippen LogP) is 2.04. The van der Waals surface area contributed by atoms with Crippen LogP contribution >= 0.6 is 0 Å². The van der Waals surface area contributed by atoms with Crippen LogP contribution in [0.4, 0.5) is 9.18 Å². The summed E-state index contributed by atoms with van der Waals surface area (Å²) in [6, 6.07) is 0. The summed E-state index contributed by atoms with van der Waals surface area (Å²) in [6.07, 6.45) is 0.718. The molecule has 0 spiro atoms. The van der Waals surface area contributed by atoms with Gasteiger partial charge in [-0.05, 0) is 19.3 Å².